The highest BCUT2D eigenvalue weighted by Gasteiger charge is 2.09. The molecule has 2 aromatic carbocycles. The summed E-state index contributed by atoms with van der Waals surface area (Å²) >= 11 is 8.80. The van der Waals surface area contributed by atoms with E-state index in [-0.39, 0.29) is 5.88 Å². The van der Waals surface area contributed by atoms with Gasteiger partial charge in [-0.2, -0.15) is 0 Å². The van der Waals surface area contributed by atoms with E-state index in [1.54, 1.807) is 6.07 Å². The van der Waals surface area contributed by atoms with Gasteiger partial charge in [0.2, 0.25) is 0 Å². The first-order chi connectivity index (χ1) is 7.72. The maximum absolute atomic E-state index is 11.1. The number of ether oxygens (including phenoxy) is 1. The summed E-state index contributed by atoms with van der Waals surface area (Å²) in [5, 5.41) is 2.09. The summed E-state index contributed by atoms with van der Waals surface area (Å²) in [5.41, 5.74) is 0. The summed E-state index contributed by atoms with van der Waals surface area (Å²) in [6, 6.07) is 11.5. The fourth-order valence-electron chi connectivity index (χ4n) is 1.44. The average Bonchev–Trinajstić information content (AvgIpc) is 2.33. The normalized spacial score (nSPS) is 10.4. The van der Waals surface area contributed by atoms with Gasteiger partial charge in [0.05, 0.1) is 4.47 Å². The minimum Gasteiger partial charge on any atom is -0.424 e. The standard InChI is InChI=1S/C12H8BrClO2/c13-12-9-4-2-1-3-8(9)5-6-10(12)16-11(15)7-14/h1-6H,7H2. The van der Waals surface area contributed by atoms with Crippen molar-refractivity contribution in [2.75, 3.05) is 5.88 Å². The van der Waals surface area contributed by atoms with Crippen molar-refractivity contribution in [2.24, 2.45) is 0 Å². The van der Waals surface area contributed by atoms with E-state index in [0.29, 0.717) is 5.75 Å². The average molecular weight is 300 g/mol. The zero-order valence-electron chi connectivity index (χ0n) is 8.24. The molecule has 0 N–H and O–H groups in total. The van der Waals surface area contributed by atoms with E-state index in [0.717, 1.165) is 15.2 Å². The molecule has 0 aliphatic carbocycles. The van der Waals surface area contributed by atoms with Crippen LogP contribution in [0.3, 0.4) is 0 Å². The second-order valence-electron chi connectivity index (χ2n) is 3.21. The van der Waals surface area contributed by atoms with Gasteiger partial charge in [0, 0.05) is 0 Å². The molecule has 0 saturated heterocycles. The minimum atomic E-state index is -0.461. The summed E-state index contributed by atoms with van der Waals surface area (Å²) in [5.74, 6) is -0.124. The first-order valence-corrected chi connectivity index (χ1v) is 5.99. The van der Waals surface area contributed by atoms with Crippen molar-refractivity contribution in [3.63, 3.8) is 0 Å². The van der Waals surface area contributed by atoms with Gasteiger partial charge in [-0.15, -0.1) is 11.6 Å². The van der Waals surface area contributed by atoms with Crippen molar-refractivity contribution in [2.45, 2.75) is 0 Å². The van der Waals surface area contributed by atoms with Crippen molar-refractivity contribution in [3.8, 4) is 5.75 Å². The Morgan fingerprint density at radius 1 is 1.25 bits per heavy atom. The third-order valence-electron chi connectivity index (χ3n) is 2.16. The molecule has 0 unspecified atom stereocenters. The van der Waals surface area contributed by atoms with Gasteiger partial charge in [-0.1, -0.05) is 30.3 Å². The molecule has 0 amide bonds. The maximum Gasteiger partial charge on any atom is 0.326 e. The fraction of sp³-hybridized carbons (Fsp3) is 0.0833. The van der Waals surface area contributed by atoms with Crippen LogP contribution < -0.4 is 4.74 Å². The Morgan fingerprint density at radius 3 is 2.75 bits per heavy atom. The summed E-state index contributed by atoms with van der Waals surface area (Å²) in [6.07, 6.45) is 0. The van der Waals surface area contributed by atoms with Crippen molar-refractivity contribution in [1.82, 2.24) is 0 Å². The van der Waals surface area contributed by atoms with E-state index in [2.05, 4.69) is 15.9 Å². The Morgan fingerprint density at radius 2 is 2.00 bits per heavy atom. The van der Waals surface area contributed by atoms with E-state index >= 15 is 0 Å². The Labute approximate surface area is 106 Å². The third-order valence-corrected chi connectivity index (χ3v) is 3.20. The second kappa shape index (κ2) is 4.85. The van der Waals surface area contributed by atoms with Crippen molar-refractivity contribution in [3.05, 3.63) is 40.9 Å². The van der Waals surface area contributed by atoms with Crippen LogP contribution in [0.25, 0.3) is 10.8 Å². The number of hydrogen-bond donors (Lipinski definition) is 0. The number of alkyl halides is 1. The molecule has 0 aliphatic rings. The number of halogens is 2. The molecule has 16 heavy (non-hydrogen) atoms. The van der Waals surface area contributed by atoms with Gasteiger partial charge < -0.3 is 4.74 Å². The lowest BCUT2D eigenvalue weighted by atomic mass is 10.1. The number of hydrogen-bond acceptors (Lipinski definition) is 2. The number of esters is 1. The molecule has 0 fully saturated rings. The van der Waals surface area contributed by atoms with Crippen molar-refractivity contribution < 1.29 is 9.53 Å². The summed E-state index contributed by atoms with van der Waals surface area (Å²) < 4.78 is 5.85. The number of fused-ring (bicyclic) bond motifs is 1. The van der Waals surface area contributed by atoms with Crippen LogP contribution in [-0.2, 0) is 4.79 Å². The van der Waals surface area contributed by atoms with Crippen LogP contribution in [0.5, 0.6) is 5.75 Å². The lowest BCUT2D eigenvalue weighted by Gasteiger charge is -2.07. The van der Waals surface area contributed by atoms with Gasteiger partial charge in [0.1, 0.15) is 11.6 Å². The molecule has 0 bridgehead atoms. The predicted octanol–water partition coefficient (Wildman–Crippen LogP) is 3.75. The predicted molar refractivity (Wildman–Crippen MR) is 68.0 cm³/mol. The molecule has 4 heteroatoms. The molecule has 0 heterocycles. The first-order valence-electron chi connectivity index (χ1n) is 4.66. The number of carbonyl (C=O) groups excluding carboxylic acids is 1. The highest BCUT2D eigenvalue weighted by molar-refractivity contribution is 9.10. The summed E-state index contributed by atoms with van der Waals surface area (Å²) in [6.45, 7) is 0. The fourth-order valence-corrected chi connectivity index (χ4v) is 2.07. The van der Waals surface area contributed by atoms with Crippen LogP contribution in [0.1, 0.15) is 0 Å². The smallest absolute Gasteiger partial charge is 0.326 e. The third kappa shape index (κ3) is 2.20. The summed E-state index contributed by atoms with van der Waals surface area (Å²) in [7, 11) is 0. The van der Waals surface area contributed by atoms with Gasteiger partial charge >= 0.3 is 5.97 Å². The minimum absolute atomic E-state index is 0.154. The largest absolute Gasteiger partial charge is 0.424 e. The second-order valence-corrected chi connectivity index (χ2v) is 4.27. The highest BCUT2D eigenvalue weighted by atomic mass is 79.9. The van der Waals surface area contributed by atoms with E-state index in [1.165, 1.54) is 0 Å². The molecule has 0 aliphatic heterocycles. The molecule has 0 radical (unpaired) electrons. The quantitative estimate of drug-likeness (QED) is 0.479. The lowest BCUT2D eigenvalue weighted by Crippen LogP contribution is -2.09. The molecule has 0 saturated carbocycles. The van der Waals surface area contributed by atoms with Gasteiger partial charge in [-0.3, -0.25) is 4.79 Å². The van der Waals surface area contributed by atoms with Gasteiger partial charge in [0.15, 0.2) is 0 Å². The number of benzene rings is 2. The SMILES string of the molecule is O=C(CCl)Oc1ccc2ccccc2c1Br. The Hall–Kier alpha value is -1.06. The van der Waals surface area contributed by atoms with Crippen molar-refractivity contribution in [1.29, 1.82) is 0 Å². The Bertz CT molecular complexity index is 540. The number of carbonyl (C=O) groups is 1. The van der Waals surface area contributed by atoms with Crippen LogP contribution in [0, 0.1) is 0 Å². The first kappa shape index (κ1) is 11.4. The van der Waals surface area contributed by atoms with Gasteiger partial charge in [0.25, 0.3) is 0 Å². The van der Waals surface area contributed by atoms with Gasteiger partial charge in [-0.05, 0) is 32.8 Å². The van der Waals surface area contributed by atoms with Gasteiger partial charge in [-0.25, -0.2) is 0 Å². The van der Waals surface area contributed by atoms with E-state index in [1.807, 2.05) is 30.3 Å². The lowest BCUT2D eigenvalue weighted by molar-refractivity contribution is -0.131. The number of rotatable bonds is 2. The zero-order chi connectivity index (χ0) is 11.5. The monoisotopic (exact) mass is 298 g/mol. The van der Waals surface area contributed by atoms with E-state index in [4.69, 9.17) is 16.3 Å². The van der Waals surface area contributed by atoms with Crippen LogP contribution >= 0.6 is 27.5 Å². The molecule has 0 aromatic heterocycles. The molecule has 2 nitrogen and oxygen atoms in total. The van der Waals surface area contributed by atoms with E-state index < -0.39 is 5.97 Å². The van der Waals surface area contributed by atoms with Crippen molar-refractivity contribution >= 4 is 44.3 Å². The zero-order valence-corrected chi connectivity index (χ0v) is 10.6. The topological polar surface area (TPSA) is 26.3 Å². The molecular formula is C12H8BrClO2. The van der Waals surface area contributed by atoms with Crippen LogP contribution in [0.2, 0.25) is 0 Å². The molecule has 82 valence electrons. The molecule has 2 rings (SSSR count). The molecule has 0 spiro atoms. The van der Waals surface area contributed by atoms with Crippen LogP contribution in [0.4, 0.5) is 0 Å². The summed E-state index contributed by atoms with van der Waals surface area (Å²) in [4.78, 5) is 11.1. The molecule has 0 atom stereocenters. The maximum atomic E-state index is 11.1. The van der Waals surface area contributed by atoms with E-state index in [9.17, 15) is 4.79 Å². The Kier molecular flexibility index (Phi) is 3.46. The van der Waals surface area contributed by atoms with Crippen LogP contribution in [0.15, 0.2) is 40.9 Å². The van der Waals surface area contributed by atoms with Crippen LogP contribution in [-0.4, -0.2) is 11.8 Å². The highest BCUT2D eigenvalue weighted by Crippen LogP contribution is 2.33. The molecular weight excluding hydrogens is 291 g/mol. The Balaban J connectivity index is 2.48. The molecule has 2 aromatic rings.